The van der Waals surface area contributed by atoms with E-state index in [1.54, 1.807) is 12.1 Å². The van der Waals surface area contributed by atoms with Crippen molar-refractivity contribution < 1.29 is 9.90 Å². The predicted molar refractivity (Wildman–Crippen MR) is 70.4 cm³/mol. The van der Waals surface area contributed by atoms with Gasteiger partial charge in [0.2, 0.25) is 0 Å². The molecule has 1 unspecified atom stereocenters. The standard InChI is InChI=1S/C13H20N2O2/c1-8(13(2,3)4)15-9-5-6-10(12(16)17)11(14)7-9/h5-8,15H,14H2,1-4H3,(H,16,17). The maximum atomic E-state index is 10.8. The lowest BCUT2D eigenvalue weighted by atomic mass is 9.88. The van der Waals surface area contributed by atoms with Crippen molar-refractivity contribution in [3.63, 3.8) is 0 Å². The summed E-state index contributed by atoms with van der Waals surface area (Å²) in [5.41, 5.74) is 7.07. The maximum Gasteiger partial charge on any atom is 0.337 e. The third-order valence-electron chi connectivity index (χ3n) is 2.96. The van der Waals surface area contributed by atoms with E-state index in [4.69, 9.17) is 10.8 Å². The number of hydrogen-bond donors (Lipinski definition) is 3. The zero-order valence-electron chi connectivity index (χ0n) is 10.7. The summed E-state index contributed by atoms with van der Waals surface area (Å²) >= 11 is 0. The van der Waals surface area contributed by atoms with Crippen LogP contribution in [0.4, 0.5) is 11.4 Å². The second kappa shape index (κ2) is 4.65. The minimum atomic E-state index is -1.00. The lowest BCUT2D eigenvalue weighted by Crippen LogP contribution is -2.30. The fraction of sp³-hybridized carbons (Fsp3) is 0.462. The summed E-state index contributed by atoms with van der Waals surface area (Å²) in [7, 11) is 0. The van der Waals surface area contributed by atoms with E-state index >= 15 is 0 Å². The predicted octanol–water partition coefficient (Wildman–Crippen LogP) is 2.81. The van der Waals surface area contributed by atoms with E-state index in [1.807, 2.05) is 0 Å². The molecule has 4 heteroatoms. The normalized spacial score (nSPS) is 13.2. The van der Waals surface area contributed by atoms with Gasteiger partial charge in [-0.25, -0.2) is 4.79 Å². The molecule has 0 amide bonds. The van der Waals surface area contributed by atoms with Gasteiger partial charge in [0.25, 0.3) is 0 Å². The molecule has 0 aliphatic rings. The van der Waals surface area contributed by atoms with E-state index in [0.717, 1.165) is 5.69 Å². The molecular weight excluding hydrogens is 216 g/mol. The highest BCUT2D eigenvalue weighted by Crippen LogP contribution is 2.24. The van der Waals surface area contributed by atoms with Crippen LogP contribution < -0.4 is 11.1 Å². The molecule has 0 saturated heterocycles. The van der Waals surface area contributed by atoms with Crippen molar-refractivity contribution >= 4 is 17.3 Å². The maximum absolute atomic E-state index is 10.8. The topological polar surface area (TPSA) is 75.3 Å². The van der Waals surface area contributed by atoms with E-state index in [-0.39, 0.29) is 22.7 Å². The number of anilines is 2. The molecule has 94 valence electrons. The highest BCUT2D eigenvalue weighted by atomic mass is 16.4. The molecule has 1 aromatic carbocycles. The third-order valence-corrected chi connectivity index (χ3v) is 2.96. The Morgan fingerprint density at radius 1 is 1.41 bits per heavy atom. The fourth-order valence-electron chi connectivity index (χ4n) is 1.31. The van der Waals surface area contributed by atoms with Gasteiger partial charge in [0.1, 0.15) is 0 Å². The van der Waals surface area contributed by atoms with E-state index in [1.165, 1.54) is 6.07 Å². The van der Waals surface area contributed by atoms with Crippen LogP contribution in [0.25, 0.3) is 0 Å². The number of nitrogens with two attached hydrogens (primary N) is 1. The molecule has 0 bridgehead atoms. The molecule has 0 fully saturated rings. The minimum absolute atomic E-state index is 0.125. The van der Waals surface area contributed by atoms with Gasteiger partial charge in [-0.2, -0.15) is 0 Å². The zero-order chi connectivity index (χ0) is 13.2. The van der Waals surface area contributed by atoms with Crippen molar-refractivity contribution in [2.24, 2.45) is 5.41 Å². The average Bonchev–Trinajstić information content (AvgIpc) is 2.15. The van der Waals surface area contributed by atoms with Crippen LogP contribution in [-0.2, 0) is 0 Å². The van der Waals surface area contributed by atoms with Gasteiger partial charge in [-0.3, -0.25) is 0 Å². The van der Waals surface area contributed by atoms with Gasteiger partial charge in [-0.15, -0.1) is 0 Å². The number of rotatable bonds is 3. The summed E-state index contributed by atoms with van der Waals surface area (Å²) in [6.45, 7) is 8.50. The van der Waals surface area contributed by atoms with Gasteiger partial charge in [-0.05, 0) is 30.5 Å². The third kappa shape index (κ3) is 3.37. The molecule has 17 heavy (non-hydrogen) atoms. The highest BCUT2D eigenvalue weighted by Gasteiger charge is 2.20. The molecule has 4 N–H and O–H groups in total. The van der Waals surface area contributed by atoms with Crippen molar-refractivity contribution in [1.29, 1.82) is 0 Å². The smallest absolute Gasteiger partial charge is 0.337 e. The number of carbonyl (C=O) groups is 1. The largest absolute Gasteiger partial charge is 0.478 e. The number of hydrogen-bond acceptors (Lipinski definition) is 3. The Bertz CT molecular complexity index is 422. The first-order chi connectivity index (χ1) is 7.71. The zero-order valence-corrected chi connectivity index (χ0v) is 10.7. The Morgan fingerprint density at radius 2 is 2.00 bits per heavy atom. The Hall–Kier alpha value is -1.71. The van der Waals surface area contributed by atoms with Crippen molar-refractivity contribution in [3.05, 3.63) is 23.8 Å². The van der Waals surface area contributed by atoms with Crippen LogP contribution in [0.1, 0.15) is 38.1 Å². The Labute approximate surface area is 102 Å². The molecule has 0 radical (unpaired) electrons. The van der Waals surface area contributed by atoms with E-state index in [9.17, 15) is 4.79 Å². The van der Waals surface area contributed by atoms with Gasteiger partial charge >= 0.3 is 5.97 Å². The van der Waals surface area contributed by atoms with Crippen molar-refractivity contribution in [2.75, 3.05) is 11.1 Å². The van der Waals surface area contributed by atoms with E-state index in [0.29, 0.717) is 0 Å². The number of benzene rings is 1. The van der Waals surface area contributed by atoms with Crippen molar-refractivity contribution in [1.82, 2.24) is 0 Å². The molecule has 0 spiro atoms. The van der Waals surface area contributed by atoms with Crippen LogP contribution >= 0.6 is 0 Å². The molecule has 1 atom stereocenters. The Morgan fingerprint density at radius 3 is 2.41 bits per heavy atom. The second-order valence-corrected chi connectivity index (χ2v) is 5.34. The lowest BCUT2D eigenvalue weighted by Gasteiger charge is -2.29. The van der Waals surface area contributed by atoms with Gasteiger partial charge < -0.3 is 16.2 Å². The summed E-state index contributed by atoms with van der Waals surface area (Å²) in [4.78, 5) is 10.8. The van der Waals surface area contributed by atoms with Crippen molar-refractivity contribution in [3.8, 4) is 0 Å². The summed E-state index contributed by atoms with van der Waals surface area (Å²) in [6.07, 6.45) is 0. The molecule has 0 aliphatic heterocycles. The Kier molecular flexibility index (Phi) is 3.66. The number of nitrogens with one attached hydrogen (secondary N) is 1. The van der Waals surface area contributed by atoms with Crippen LogP contribution in [0.15, 0.2) is 18.2 Å². The summed E-state index contributed by atoms with van der Waals surface area (Å²) in [5, 5.41) is 12.2. The lowest BCUT2D eigenvalue weighted by molar-refractivity contribution is 0.0698. The van der Waals surface area contributed by atoms with Crippen molar-refractivity contribution in [2.45, 2.75) is 33.7 Å². The van der Waals surface area contributed by atoms with Crippen LogP contribution in [0.3, 0.4) is 0 Å². The van der Waals surface area contributed by atoms with Crippen LogP contribution in [0.5, 0.6) is 0 Å². The van der Waals surface area contributed by atoms with Gasteiger partial charge in [0.15, 0.2) is 0 Å². The first-order valence-corrected chi connectivity index (χ1v) is 5.61. The minimum Gasteiger partial charge on any atom is -0.478 e. The van der Waals surface area contributed by atoms with Gasteiger partial charge in [-0.1, -0.05) is 20.8 Å². The summed E-state index contributed by atoms with van der Waals surface area (Å²) in [5.74, 6) is -1.00. The van der Waals surface area contributed by atoms with E-state index in [2.05, 4.69) is 33.0 Å². The van der Waals surface area contributed by atoms with Crippen LogP contribution in [0, 0.1) is 5.41 Å². The quantitative estimate of drug-likeness (QED) is 0.705. The van der Waals surface area contributed by atoms with Crippen LogP contribution in [-0.4, -0.2) is 17.1 Å². The number of nitrogen functional groups attached to an aromatic ring is 1. The molecule has 4 nitrogen and oxygen atoms in total. The molecule has 0 saturated carbocycles. The molecule has 1 rings (SSSR count). The van der Waals surface area contributed by atoms with E-state index < -0.39 is 5.97 Å². The number of aromatic carboxylic acids is 1. The molecule has 1 aromatic rings. The highest BCUT2D eigenvalue weighted by molar-refractivity contribution is 5.94. The number of carboxylic acid groups (broad SMARTS) is 1. The summed E-state index contributed by atoms with van der Waals surface area (Å²) < 4.78 is 0. The first kappa shape index (κ1) is 13.4. The second-order valence-electron chi connectivity index (χ2n) is 5.34. The van der Waals surface area contributed by atoms with Crippen LogP contribution in [0.2, 0.25) is 0 Å². The number of carboxylic acids is 1. The first-order valence-electron chi connectivity index (χ1n) is 5.61. The molecule has 0 aromatic heterocycles. The SMILES string of the molecule is CC(Nc1ccc(C(=O)O)c(N)c1)C(C)(C)C. The Balaban J connectivity index is 2.88. The molecular formula is C13H20N2O2. The van der Waals surface area contributed by atoms with Gasteiger partial charge in [0.05, 0.1) is 5.56 Å². The molecule has 0 heterocycles. The summed E-state index contributed by atoms with van der Waals surface area (Å²) in [6, 6.07) is 5.18. The molecule has 0 aliphatic carbocycles. The van der Waals surface area contributed by atoms with Gasteiger partial charge in [0, 0.05) is 17.4 Å². The monoisotopic (exact) mass is 236 g/mol. The average molecular weight is 236 g/mol. The fourth-order valence-corrected chi connectivity index (χ4v) is 1.31.